The van der Waals surface area contributed by atoms with Crippen LogP contribution in [0.2, 0.25) is 0 Å². The van der Waals surface area contributed by atoms with Gasteiger partial charge in [-0.3, -0.25) is 4.79 Å². The van der Waals surface area contributed by atoms with Crippen molar-refractivity contribution in [2.45, 2.75) is 51.1 Å². The second-order valence-electron chi connectivity index (χ2n) is 4.57. The first-order chi connectivity index (χ1) is 7.37. The molecule has 96 valence electrons. The molecule has 0 aliphatic rings. The lowest BCUT2D eigenvalue weighted by Gasteiger charge is -2.34. The third kappa shape index (κ3) is 3.73. The molecule has 0 spiro atoms. The molecule has 1 unspecified atom stereocenters. The predicted octanol–water partition coefficient (Wildman–Crippen LogP) is -0.246. The summed E-state index contributed by atoms with van der Waals surface area (Å²) >= 11 is 0. The molecule has 5 heteroatoms. The number of nitrogens with two attached hydrogens (primary N) is 1. The van der Waals surface area contributed by atoms with Crippen molar-refractivity contribution in [2.24, 2.45) is 5.73 Å². The first kappa shape index (κ1) is 15.3. The maximum atomic E-state index is 11.9. The molecule has 5 N–H and O–H groups in total. The minimum absolute atomic E-state index is 0.298. The monoisotopic (exact) mass is 232 g/mol. The van der Waals surface area contributed by atoms with Crippen LogP contribution in [0.3, 0.4) is 0 Å². The van der Waals surface area contributed by atoms with E-state index in [-0.39, 0.29) is 19.1 Å². The van der Waals surface area contributed by atoms with Crippen molar-refractivity contribution in [1.29, 1.82) is 0 Å². The molecule has 0 aliphatic heterocycles. The maximum absolute atomic E-state index is 11.9. The van der Waals surface area contributed by atoms with E-state index in [1.807, 2.05) is 6.92 Å². The average molecular weight is 232 g/mol. The Labute approximate surface area is 97.0 Å². The van der Waals surface area contributed by atoms with Gasteiger partial charge in [0.25, 0.3) is 0 Å². The highest BCUT2D eigenvalue weighted by molar-refractivity contribution is 5.86. The molecule has 1 amide bonds. The van der Waals surface area contributed by atoms with Crippen LogP contribution in [0, 0.1) is 0 Å². The Kier molecular flexibility index (Phi) is 5.92. The molecule has 0 aliphatic carbocycles. The molecular formula is C11H24N2O3. The lowest BCUT2D eigenvalue weighted by molar-refractivity contribution is -0.129. The normalized spacial score (nSPS) is 15.6. The van der Waals surface area contributed by atoms with E-state index in [0.29, 0.717) is 12.8 Å². The van der Waals surface area contributed by atoms with Gasteiger partial charge in [-0.15, -0.1) is 0 Å². The van der Waals surface area contributed by atoms with E-state index in [0.717, 1.165) is 6.42 Å². The summed E-state index contributed by atoms with van der Waals surface area (Å²) < 4.78 is 0. The fourth-order valence-corrected chi connectivity index (χ4v) is 1.46. The van der Waals surface area contributed by atoms with Crippen molar-refractivity contribution < 1.29 is 15.0 Å². The molecule has 0 saturated carbocycles. The van der Waals surface area contributed by atoms with Crippen LogP contribution < -0.4 is 11.1 Å². The third-order valence-corrected chi connectivity index (χ3v) is 2.95. The van der Waals surface area contributed by atoms with Gasteiger partial charge in [0, 0.05) is 0 Å². The number of hydrogen-bond acceptors (Lipinski definition) is 4. The van der Waals surface area contributed by atoms with Crippen molar-refractivity contribution >= 4 is 5.91 Å². The van der Waals surface area contributed by atoms with Gasteiger partial charge in [-0.05, 0) is 19.8 Å². The highest BCUT2D eigenvalue weighted by Crippen LogP contribution is 2.14. The second-order valence-corrected chi connectivity index (χ2v) is 4.57. The van der Waals surface area contributed by atoms with E-state index < -0.39 is 11.1 Å². The van der Waals surface area contributed by atoms with E-state index in [2.05, 4.69) is 5.32 Å². The van der Waals surface area contributed by atoms with Gasteiger partial charge in [0.05, 0.1) is 24.3 Å². The van der Waals surface area contributed by atoms with Crippen LogP contribution in [0.15, 0.2) is 0 Å². The van der Waals surface area contributed by atoms with Crippen LogP contribution in [0.4, 0.5) is 0 Å². The maximum Gasteiger partial charge on any atom is 0.240 e. The van der Waals surface area contributed by atoms with Crippen LogP contribution in [0.1, 0.15) is 40.0 Å². The summed E-state index contributed by atoms with van der Waals surface area (Å²) in [6.45, 7) is 4.80. The highest BCUT2D eigenvalue weighted by atomic mass is 16.3. The number of nitrogens with one attached hydrogen (secondary N) is 1. The number of amides is 1. The number of carbonyl (C=O) groups is 1. The van der Waals surface area contributed by atoms with E-state index >= 15 is 0 Å². The third-order valence-electron chi connectivity index (χ3n) is 2.95. The Hall–Kier alpha value is -0.650. The van der Waals surface area contributed by atoms with E-state index in [1.54, 1.807) is 13.8 Å². The van der Waals surface area contributed by atoms with Gasteiger partial charge < -0.3 is 21.3 Å². The molecule has 0 radical (unpaired) electrons. The van der Waals surface area contributed by atoms with Crippen molar-refractivity contribution in [3.63, 3.8) is 0 Å². The summed E-state index contributed by atoms with van der Waals surface area (Å²) in [5.41, 5.74) is 3.94. The van der Waals surface area contributed by atoms with Gasteiger partial charge in [0.2, 0.25) is 5.91 Å². The molecule has 16 heavy (non-hydrogen) atoms. The predicted molar refractivity (Wildman–Crippen MR) is 62.8 cm³/mol. The number of aliphatic hydroxyl groups is 2. The second kappa shape index (κ2) is 6.18. The summed E-state index contributed by atoms with van der Waals surface area (Å²) in [5.74, 6) is -0.334. The topological polar surface area (TPSA) is 95.6 Å². The fourth-order valence-electron chi connectivity index (χ4n) is 1.46. The van der Waals surface area contributed by atoms with Gasteiger partial charge in [-0.2, -0.15) is 0 Å². The van der Waals surface area contributed by atoms with Crippen molar-refractivity contribution in [3.05, 3.63) is 0 Å². The van der Waals surface area contributed by atoms with Gasteiger partial charge in [-0.1, -0.05) is 20.3 Å². The zero-order chi connectivity index (χ0) is 12.8. The zero-order valence-electron chi connectivity index (χ0n) is 10.4. The van der Waals surface area contributed by atoms with Gasteiger partial charge >= 0.3 is 0 Å². The molecule has 0 rings (SSSR count). The molecule has 5 nitrogen and oxygen atoms in total. The Bertz CT molecular complexity index is 217. The smallest absolute Gasteiger partial charge is 0.240 e. The van der Waals surface area contributed by atoms with Crippen LogP contribution in [-0.4, -0.2) is 40.4 Å². The molecule has 0 saturated heterocycles. The van der Waals surface area contributed by atoms with E-state index in [9.17, 15) is 15.0 Å². The Morgan fingerprint density at radius 3 is 2.12 bits per heavy atom. The summed E-state index contributed by atoms with van der Waals surface area (Å²) in [5, 5.41) is 21.1. The lowest BCUT2D eigenvalue weighted by atomic mass is 9.92. The van der Waals surface area contributed by atoms with Crippen LogP contribution in [-0.2, 0) is 4.79 Å². The Balaban J connectivity index is 4.63. The quantitative estimate of drug-likeness (QED) is 0.487. The van der Waals surface area contributed by atoms with Gasteiger partial charge in [0.15, 0.2) is 0 Å². The standard InChI is InChI=1S/C11H24N2O3/c1-4-6-10(3,12)9(16)13-11(5-2,7-14)8-15/h14-15H,4-8,12H2,1-3H3,(H,13,16). The van der Waals surface area contributed by atoms with Crippen LogP contribution in [0.5, 0.6) is 0 Å². The molecule has 0 fully saturated rings. The van der Waals surface area contributed by atoms with Crippen LogP contribution in [0.25, 0.3) is 0 Å². The number of rotatable bonds is 7. The number of carbonyl (C=O) groups excluding carboxylic acids is 1. The number of aliphatic hydroxyl groups excluding tert-OH is 2. The van der Waals surface area contributed by atoms with Crippen molar-refractivity contribution in [2.75, 3.05) is 13.2 Å². The largest absolute Gasteiger partial charge is 0.394 e. The van der Waals surface area contributed by atoms with E-state index in [4.69, 9.17) is 5.73 Å². The molecule has 0 aromatic carbocycles. The van der Waals surface area contributed by atoms with Gasteiger partial charge in [-0.25, -0.2) is 0 Å². The minimum atomic E-state index is -0.967. The molecule has 0 aromatic heterocycles. The molecule has 0 bridgehead atoms. The van der Waals surface area contributed by atoms with Crippen molar-refractivity contribution in [1.82, 2.24) is 5.32 Å². The Morgan fingerprint density at radius 1 is 1.31 bits per heavy atom. The van der Waals surface area contributed by atoms with Crippen LogP contribution >= 0.6 is 0 Å². The van der Waals surface area contributed by atoms with Crippen molar-refractivity contribution in [3.8, 4) is 0 Å². The molecule has 1 atom stereocenters. The Morgan fingerprint density at radius 2 is 1.81 bits per heavy atom. The fraction of sp³-hybridized carbons (Fsp3) is 0.909. The van der Waals surface area contributed by atoms with Gasteiger partial charge in [0.1, 0.15) is 0 Å². The molecular weight excluding hydrogens is 208 g/mol. The summed E-state index contributed by atoms with van der Waals surface area (Å²) in [6, 6.07) is 0. The molecule has 0 aromatic rings. The molecule has 0 heterocycles. The first-order valence-electron chi connectivity index (χ1n) is 5.70. The summed E-state index contributed by atoms with van der Waals surface area (Å²) in [6.07, 6.45) is 1.82. The number of hydrogen-bond donors (Lipinski definition) is 4. The minimum Gasteiger partial charge on any atom is -0.394 e. The zero-order valence-corrected chi connectivity index (χ0v) is 10.4. The highest BCUT2D eigenvalue weighted by Gasteiger charge is 2.35. The SMILES string of the molecule is CCCC(C)(N)C(=O)NC(CC)(CO)CO. The van der Waals surface area contributed by atoms with E-state index in [1.165, 1.54) is 0 Å². The lowest BCUT2D eigenvalue weighted by Crippen LogP contribution is -2.61. The summed E-state index contributed by atoms with van der Waals surface area (Å²) in [7, 11) is 0. The first-order valence-corrected chi connectivity index (χ1v) is 5.70. The summed E-state index contributed by atoms with van der Waals surface area (Å²) in [4.78, 5) is 11.9. The average Bonchev–Trinajstić information content (AvgIpc) is 2.25.